The third kappa shape index (κ3) is 6.67. The van der Waals surface area contributed by atoms with E-state index in [0.29, 0.717) is 23.9 Å². The first-order valence-electron chi connectivity index (χ1n) is 8.41. The lowest BCUT2D eigenvalue weighted by atomic mass is 10.1. The van der Waals surface area contributed by atoms with Gasteiger partial charge in [0.05, 0.1) is 5.01 Å². The summed E-state index contributed by atoms with van der Waals surface area (Å²) >= 11 is 1.02. The van der Waals surface area contributed by atoms with Crippen LogP contribution in [0.25, 0.3) is 0 Å². The normalized spacial score (nSPS) is 13.5. The first kappa shape index (κ1) is 20.2. The predicted molar refractivity (Wildman–Crippen MR) is 99.5 cm³/mol. The maximum Gasteiger partial charge on any atom is 0.434 e. The lowest BCUT2D eigenvalue weighted by molar-refractivity contribution is -0.140. The number of rotatable bonds is 7. The quantitative estimate of drug-likeness (QED) is 0.562. The summed E-state index contributed by atoms with van der Waals surface area (Å²) in [5.74, 6) is 0.637. The van der Waals surface area contributed by atoms with Crippen LogP contribution in [0.1, 0.15) is 29.6 Å². The molecule has 0 saturated carbocycles. The molecule has 1 heterocycles. The first-order valence-corrected chi connectivity index (χ1v) is 9.29. The van der Waals surface area contributed by atoms with Crippen molar-refractivity contribution >= 4 is 17.3 Å². The van der Waals surface area contributed by atoms with Gasteiger partial charge in [0.15, 0.2) is 11.7 Å². The van der Waals surface area contributed by atoms with Crippen LogP contribution in [0.15, 0.2) is 40.7 Å². The molecule has 142 valence electrons. The van der Waals surface area contributed by atoms with Crippen LogP contribution in [0.4, 0.5) is 13.2 Å². The number of aryl methyl sites for hydroxylation is 1. The van der Waals surface area contributed by atoms with Crippen molar-refractivity contribution in [2.24, 2.45) is 4.99 Å². The molecule has 0 aliphatic heterocycles. The van der Waals surface area contributed by atoms with Crippen molar-refractivity contribution in [1.29, 1.82) is 0 Å². The molecule has 4 nitrogen and oxygen atoms in total. The molecule has 0 aliphatic rings. The molecular weight excluding hydrogens is 361 g/mol. The standard InChI is InChI=1S/C18H23F3N4S/c1-13(8-9-14-6-4-3-5-7-14)24-17(22-2)23-11-10-16-25-15(12-26-16)18(19,20)21/h3-7,12-13H,8-11H2,1-2H3,(H2,22,23,24). The second-order valence-electron chi connectivity index (χ2n) is 5.94. The van der Waals surface area contributed by atoms with Gasteiger partial charge in [-0.15, -0.1) is 11.3 Å². The Labute approximate surface area is 155 Å². The average molecular weight is 384 g/mol. The molecule has 1 aromatic carbocycles. The van der Waals surface area contributed by atoms with E-state index >= 15 is 0 Å². The Hall–Kier alpha value is -2.09. The molecule has 1 unspecified atom stereocenters. The lowest BCUT2D eigenvalue weighted by Crippen LogP contribution is -2.43. The van der Waals surface area contributed by atoms with Crippen molar-refractivity contribution in [1.82, 2.24) is 15.6 Å². The van der Waals surface area contributed by atoms with E-state index in [1.807, 2.05) is 18.2 Å². The molecule has 2 N–H and O–H groups in total. The van der Waals surface area contributed by atoms with Crippen molar-refractivity contribution < 1.29 is 13.2 Å². The van der Waals surface area contributed by atoms with E-state index in [4.69, 9.17) is 0 Å². The van der Waals surface area contributed by atoms with Gasteiger partial charge in [0.2, 0.25) is 0 Å². The van der Waals surface area contributed by atoms with Gasteiger partial charge in [0.25, 0.3) is 0 Å². The Morgan fingerprint density at radius 2 is 1.96 bits per heavy atom. The zero-order valence-electron chi connectivity index (χ0n) is 14.8. The number of halogens is 3. The molecule has 2 aromatic rings. The van der Waals surface area contributed by atoms with Crippen molar-refractivity contribution in [2.45, 2.75) is 38.4 Å². The second-order valence-corrected chi connectivity index (χ2v) is 6.89. The Balaban J connectivity index is 1.72. The maximum atomic E-state index is 12.5. The van der Waals surface area contributed by atoms with Gasteiger partial charge in [0, 0.05) is 31.4 Å². The molecule has 0 amide bonds. The minimum absolute atomic E-state index is 0.220. The number of alkyl halides is 3. The van der Waals surface area contributed by atoms with E-state index < -0.39 is 11.9 Å². The number of nitrogens with one attached hydrogen (secondary N) is 2. The Morgan fingerprint density at radius 1 is 1.23 bits per heavy atom. The minimum atomic E-state index is -4.38. The van der Waals surface area contributed by atoms with Crippen LogP contribution in [0, 0.1) is 0 Å². The van der Waals surface area contributed by atoms with Crippen LogP contribution in [0.3, 0.4) is 0 Å². The molecule has 0 bridgehead atoms. The smallest absolute Gasteiger partial charge is 0.356 e. The van der Waals surface area contributed by atoms with Crippen molar-refractivity contribution in [3.63, 3.8) is 0 Å². The third-order valence-corrected chi connectivity index (χ3v) is 4.70. The van der Waals surface area contributed by atoms with E-state index in [1.165, 1.54) is 5.56 Å². The summed E-state index contributed by atoms with van der Waals surface area (Å²) in [6, 6.07) is 10.5. The molecule has 2 rings (SSSR count). The largest absolute Gasteiger partial charge is 0.434 e. The highest BCUT2D eigenvalue weighted by molar-refractivity contribution is 7.09. The monoisotopic (exact) mass is 384 g/mol. The highest BCUT2D eigenvalue weighted by Gasteiger charge is 2.33. The van der Waals surface area contributed by atoms with Gasteiger partial charge in [-0.2, -0.15) is 13.2 Å². The fourth-order valence-corrected chi connectivity index (χ4v) is 3.18. The summed E-state index contributed by atoms with van der Waals surface area (Å²) in [6.45, 7) is 2.54. The minimum Gasteiger partial charge on any atom is -0.356 e. The van der Waals surface area contributed by atoms with Crippen LogP contribution in [-0.4, -0.2) is 30.6 Å². The van der Waals surface area contributed by atoms with E-state index in [1.54, 1.807) is 7.05 Å². The zero-order chi connectivity index (χ0) is 19.0. The summed E-state index contributed by atoms with van der Waals surface area (Å²) in [6.07, 6.45) is -2.05. The van der Waals surface area contributed by atoms with Crippen molar-refractivity contribution in [3.8, 4) is 0 Å². The Morgan fingerprint density at radius 3 is 2.58 bits per heavy atom. The molecule has 26 heavy (non-hydrogen) atoms. The van der Waals surface area contributed by atoms with Gasteiger partial charge in [-0.3, -0.25) is 4.99 Å². The summed E-state index contributed by atoms with van der Waals surface area (Å²) in [5, 5.41) is 7.92. The number of thiazole rings is 1. The zero-order valence-corrected chi connectivity index (χ0v) is 15.6. The second kappa shape index (κ2) is 9.56. The van der Waals surface area contributed by atoms with E-state index in [-0.39, 0.29) is 6.04 Å². The number of nitrogens with zero attached hydrogens (tertiary/aromatic N) is 2. The Kier molecular flexibility index (Phi) is 7.44. The van der Waals surface area contributed by atoms with E-state index in [2.05, 4.69) is 39.7 Å². The predicted octanol–water partition coefficient (Wildman–Crippen LogP) is 3.89. The molecule has 0 fully saturated rings. The van der Waals surface area contributed by atoms with Crippen LogP contribution in [0.2, 0.25) is 0 Å². The van der Waals surface area contributed by atoms with Gasteiger partial charge >= 0.3 is 6.18 Å². The van der Waals surface area contributed by atoms with Gasteiger partial charge in [0.1, 0.15) is 0 Å². The molecule has 1 atom stereocenters. The lowest BCUT2D eigenvalue weighted by Gasteiger charge is -2.17. The van der Waals surface area contributed by atoms with Gasteiger partial charge in [-0.05, 0) is 25.3 Å². The molecule has 0 spiro atoms. The molecule has 0 radical (unpaired) electrons. The van der Waals surface area contributed by atoms with Gasteiger partial charge < -0.3 is 10.6 Å². The summed E-state index contributed by atoms with van der Waals surface area (Å²) in [4.78, 5) is 7.78. The Bertz CT molecular complexity index is 698. The van der Waals surface area contributed by atoms with Crippen LogP contribution in [0.5, 0.6) is 0 Å². The van der Waals surface area contributed by atoms with Crippen molar-refractivity contribution in [2.75, 3.05) is 13.6 Å². The number of aromatic nitrogens is 1. The maximum absolute atomic E-state index is 12.5. The number of hydrogen-bond donors (Lipinski definition) is 2. The fourth-order valence-electron chi connectivity index (χ4n) is 2.37. The number of hydrogen-bond acceptors (Lipinski definition) is 3. The highest BCUT2D eigenvalue weighted by Crippen LogP contribution is 2.29. The SMILES string of the molecule is CN=C(NCCc1nc(C(F)(F)F)cs1)NC(C)CCc1ccccc1. The fraction of sp³-hybridized carbons (Fsp3) is 0.444. The molecule has 0 saturated heterocycles. The van der Waals surface area contributed by atoms with E-state index in [0.717, 1.165) is 29.6 Å². The van der Waals surface area contributed by atoms with E-state index in [9.17, 15) is 13.2 Å². The summed E-state index contributed by atoms with van der Waals surface area (Å²) in [5.41, 5.74) is 0.461. The summed E-state index contributed by atoms with van der Waals surface area (Å²) < 4.78 is 37.6. The van der Waals surface area contributed by atoms with Crippen LogP contribution in [-0.2, 0) is 19.0 Å². The first-order chi connectivity index (χ1) is 12.4. The number of benzene rings is 1. The average Bonchev–Trinajstić information content (AvgIpc) is 3.09. The third-order valence-electron chi connectivity index (χ3n) is 3.79. The molecule has 1 aromatic heterocycles. The van der Waals surface area contributed by atoms with Crippen LogP contribution >= 0.6 is 11.3 Å². The van der Waals surface area contributed by atoms with Gasteiger partial charge in [-0.1, -0.05) is 30.3 Å². The molecule has 8 heteroatoms. The summed E-state index contributed by atoms with van der Waals surface area (Å²) in [7, 11) is 1.67. The van der Waals surface area contributed by atoms with Crippen molar-refractivity contribution in [3.05, 3.63) is 52.0 Å². The number of aliphatic imine (C=N–C) groups is 1. The molecular formula is C18H23F3N4S. The van der Waals surface area contributed by atoms with Gasteiger partial charge in [-0.25, -0.2) is 4.98 Å². The molecule has 0 aliphatic carbocycles. The number of guanidine groups is 1. The highest BCUT2D eigenvalue weighted by atomic mass is 32.1. The van der Waals surface area contributed by atoms with Crippen LogP contribution < -0.4 is 10.6 Å². The topological polar surface area (TPSA) is 49.3 Å².